The average Bonchev–Trinajstić information content (AvgIpc) is 2.14. The minimum absolute atomic E-state index is 0.182. The third-order valence-corrected chi connectivity index (χ3v) is 1.84. The Labute approximate surface area is 89.0 Å². The number of carboxylic acids is 1. The molecule has 0 radical (unpaired) electrons. The molecule has 0 aliphatic heterocycles. The highest BCUT2D eigenvalue weighted by Gasteiger charge is 2.10. The summed E-state index contributed by atoms with van der Waals surface area (Å²) in [6.07, 6.45) is 0. The normalized spacial score (nSPS) is 9.73. The van der Waals surface area contributed by atoms with E-state index in [-0.39, 0.29) is 5.56 Å². The van der Waals surface area contributed by atoms with E-state index in [1.54, 1.807) is 18.2 Å². The second-order valence-corrected chi connectivity index (χ2v) is 3.55. The van der Waals surface area contributed by atoms with E-state index in [0.717, 1.165) is 11.1 Å². The van der Waals surface area contributed by atoms with Crippen LogP contribution in [0.3, 0.4) is 0 Å². The molecule has 0 aliphatic rings. The van der Waals surface area contributed by atoms with Crippen LogP contribution in [-0.2, 0) is 0 Å². The molecule has 80 valence electrons. The summed E-state index contributed by atoms with van der Waals surface area (Å²) in [4.78, 5) is 10.9. The van der Waals surface area contributed by atoms with Gasteiger partial charge in [-0.15, -0.1) is 0 Å². The van der Waals surface area contributed by atoms with Crippen LogP contribution in [0.1, 0.15) is 22.8 Å². The van der Waals surface area contributed by atoms with E-state index < -0.39 is 5.97 Å². The smallest absolute Gasteiger partial charge is 0.339 e. The molecular weight excluding hydrogens is 192 g/mol. The van der Waals surface area contributed by atoms with Crippen LogP contribution in [0.2, 0.25) is 0 Å². The number of ether oxygens (including phenoxy) is 1. The Balaban J connectivity index is 2.96. The van der Waals surface area contributed by atoms with Gasteiger partial charge in [-0.3, -0.25) is 0 Å². The highest BCUT2D eigenvalue weighted by Crippen LogP contribution is 2.20. The molecule has 0 aromatic heterocycles. The van der Waals surface area contributed by atoms with Gasteiger partial charge in [-0.1, -0.05) is 12.6 Å². The number of benzene rings is 1. The number of carbonyl (C=O) groups is 1. The summed E-state index contributed by atoms with van der Waals surface area (Å²) in [5.41, 5.74) is 2.01. The zero-order valence-electron chi connectivity index (χ0n) is 8.91. The summed E-state index contributed by atoms with van der Waals surface area (Å²) in [5.74, 6) is -0.586. The standard InChI is InChI=1S/C12H14O3/c1-8(2)7-15-11-6-9(3)4-5-10(11)12(13)14/h4-6H,1,7H2,2-3H3,(H,13,14). The molecule has 0 saturated carbocycles. The number of hydrogen-bond acceptors (Lipinski definition) is 2. The second-order valence-electron chi connectivity index (χ2n) is 3.55. The summed E-state index contributed by atoms with van der Waals surface area (Å²) >= 11 is 0. The second kappa shape index (κ2) is 4.64. The lowest BCUT2D eigenvalue weighted by Crippen LogP contribution is -2.05. The van der Waals surface area contributed by atoms with Crippen molar-refractivity contribution in [3.63, 3.8) is 0 Å². The SMILES string of the molecule is C=C(C)COc1cc(C)ccc1C(=O)O. The minimum atomic E-state index is -0.980. The van der Waals surface area contributed by atoms with Crippen LogP contribution in [0.5, 0.6) is 5.75 Å². The van der Waals surface area contributed by atoms with Gasteiger partial charge in [0.05, 0.1) is 0 Å². The van der Waals surface area contributed by atoms with Crippen molar-refractivity contribution in [2.24, 2.45) is 0 Å². The Morgan fingerprint density at radius 1 is 1.53 bits per heavy atom. The predicted octanol–water partition coefficient (Wildman–Crippen LogP) is 2.65. The molecule has 0 spiro atoms. The van der Waals surface area contributed by atoms with E-state index in [0.29, 0.717) is 12.4 Å². The molecule has 0 fully saturated rings. The molecule has 0 heterocycles. The first kappa shape index (κ1) is 11.3. The Hall–Kier alpha value is -1.77. The van der Waals surface area contributed by atoms with Gasteiger partial charge in [-0.05, 0) is 37.1 Å². The topological polar surface area (TPSA) is 46.5 Å². The van der Waals surface area contributed by atoms with Gasteiger partial charge in [0.25, 0.3) is 0 Å². The molecule has 3 heteroatoms. The van der Waals surface area contributed by atoms with Crippen molar-refractivity contribution < 1.29 is 14.6 Å². The van der Waals surface area contributed by atoms with Crippen molar-refractivity contribution >= 4 is 5.97 Å². The third kappa shape index (κ3) is 3.13. The van der Waals surface area contributed by atoms with Gasteiger partial charge in [-0.25, -0.2) is 4.79 Å². The van der Waals surface area contributed by atoms with Crippen LogP contribution in [-0.4, -0.2) is 17.7 Å². The lowest BCUT2D eigenvalue weighted by Gasteiger charge is -2.09. The van der Waals surface area contributed by atoms with Gasteiger partial charge in [0, 0.05) is 0 Å². The van der Waals surface area contributed by atoms with Gasteiger partial charge < -0.3 is 9.84 Å². The monoisotopic (exact) mass is 206 g/mol. The predicted molar refractivity (Wildman–Crippen MR) is 58.4 cm³/mol. The quantitative estimate of drug-likeness (QED) is 0.770. The van der Waals surface area contributed by atoms with Crippen LogP contribution >= 0.6 is 0 Å². The van der Waals surface area contributed by atoms with Gasteiger partial charge in [0.15, 0.2) is 0 Å². The molecule has 3 nitrogen and oxygen atoms in total. The largest absolute Gasteiger partial charge is 0.488 e. The zero-order valence-corrected chi connectivity index (χ0v) is 8.91. The lowest BCUT2D eigenvalue weighted by molar-refractivity contribution is 0.0692. The number of carboxylic acid groups (broad SMARTS) is 1. The van der Waals surface area contributed by atoms with Crippen molar-refractivity contribution in [2.75, 3.05) is 6.61 Å². The number of aromatic carboxylic acids is 1. The van der Waals surface area contributed by atoms with E-state index >= 15 is 0 Å². The molecule has 1 aromatic rings. The maximum atomic E-state index is 10.9. The molecule has 1 N–H and O–H groups in total. The van der Waals surface area contributed by atoms with Crippen molar-refractivity contribution in [1.29, 1.82) is 0 Å². The molecule has 1 aromatic carbocycles. The fourth-order valence-electron chi connectivity index (χ4n) is 1.13. The van der Waals surface area contributed by atoms with Crippen LogP contribution < -0.4 is 4.74 Å². The zero-order chi connectivity index (χ0) is 11.4. The molecular formula is C12H14O3. The van der Waals surface area contributed by atoms with Crippen LogP contribution in [0.15, 0.2) is 30.4 Å². The van der Waals surface area contributed by atoms with Gasteiger partial charge >= 0.3 is 5.97 Å². The van der Waals surface area contributed by atoms with E-state index in [2.05, 4.69) is 6.58 Å². The van der Waals surface area contributed by atoms with Crippen molar-refractivity contribution in [3.8, 4) is 5.75 Å². The molecule has 15 heavy (non-hydrogen) atoms. The summed E-state index contributed by atoms with van der Waals surface area (Å²) in [5, 5.41) is 8.92. The lowest BCUT2D eigenvalue weighted by atomic mass is 10.1. The molecule has 1 rings (SSSR count). The van der Waals surface area contributed by atoms with Crippen LogP contribution in [0.25, 0.3) is 0 Å². The first-order valence-electron chi connectivity index (χ1n) is 4.62. The van der Waals surface area contributed by atoms with Crippen molar-refractivity contribution in [1.82, 2.24) is 0 Å². The summed E-state index contributed by atoms with van der Waals surface area (Å²) < 4.78 is 5.36. The highest BCUT2D eigenvalue weighted by molar-refractivity contribution is 5.90. The molecule has 0 atom stereocenters. The molecule has 0 saturated heterocycles. The fraction of sp³-hybridized carbons (Fsp3) is 0.250. The van der Waals surface area contributed by atoms with Crippen LogP contribution in [0.4, 0.5) is 0 Å². The van der Waals surface area contributed by atoms with Gasteiger partial charge in [-0.2, -0.15) is 0 Å². The maximum absolute atomic E-state index is 10.9. The fourth-order valence-corrected chi connectivity index (χ4v) is 1.13. The summed E-state index contributed by atoms with van der Waals surface area (Å²) in [7, 11) is 0. The van der Waals surface area contributed by atoms with E-state index in [1.165, 1.54) is 0 Å². The Morgan fingerprint density at radius 3 is 2.73 bits per heavy atom. The first-order chi connectivity index (χ1) is 7.00. The number of rotatable bonds is 4. The molecule has 0 amide bonds. The summed E-state index contributed by atoms with van der Waals surface area (Å²) in [6, 6.07) is 5.01. The van der Waals surface area contributed by atoms with E-state index in [9.17, 15) is 4.79 Å². The van der Waals surface area contributed by atoms with Gasteiger partial charge in [0.1, 0.15) is 17.9 Å². The maximum Gasteiger partial charge on any atom is 0.339 e. The number of hydrogen-bond donors (Lipinski definition) is 1. The number of aryl methyl sites for hydroxylation is 1. The average molecular weight is 206 g/mol. The van der Waals surface area contributed by atoms with Gasteiger partial charge in [0.2, 0.25) is 0 Å². The third-order valence-electron chi connectivity index (χ3n) is 1.84. The Morgan fingerprint density at radius 2 is 2.20 bits per heavy atom. The van der Waals surface area contributed by atoms with Crippen molar-refractivity contribution in [2.45, 2.75) is 13.8 Å². The molecule has 0 aliphatic carbocycles. The van der Waals surface area contributed by atoms with E-state index in [4.69, 9.17) is 9.84 Å². The molecule has 0 unspecified atom stereocenters. The Kier molecular flexibility index (Phi) is 3.50. The molecule has 0 bridgehead atoms. The Bertz CT molecular complexity index is 394. The minimum Gasteiger partial charge on any atom is -0.488 e. The summed E-state index contributed by atoms with van der Waals surface area (Å²) in [6.45, 7) is 7.75. The van der Waals surface area contributed by atoms with Crippen LogP contribution in [0, 0.1) is 6.92 Å². The highest BCUT2D eigenvalue weighted by atomic mass is 16.5. The van der Waals surface area contributed by atoms with Crippen molar-refractivity contribution in [3.05, 3.63) is 41.5 Å². The van der Waals surface area contributed by atoms with E-state index in [1.807, 2.05) is 13.8 Å². The first-order valence-corrected chi connectivity index (χ1v) is 4.62.